The Balaban J connectivity index is 2.54. The van der Waals surface area contributed by atoms with Crippen LogP contribution in [0.15, 0.2) is 0 Å². The molecule has 0 aliphatic carbocycles. The Hall–Kier alpha value is -0.610. The molecule has 1 rings (SSSR count). The highest BCUT2D eigenvalue weighted by molar-refractivity contribution is 5.78. The summed E-state index contributed by atoms with van der Waals surface area (Å²) in [6.07, 6.45) is 2.15. The monoisotopic (exact) mass is 256 g/mol. The standard InChI is InChI=1S/C14H28N2O2/c1-5-7-15-14(4,13(17)18)10-16-8-6-12(9-16)11(2)3/h11-12,15H,5-10H2,1-4H3,(H,17,18). The third-order valence-corrected chi connectivity index (χ3v) is 4.03. The molecule has 2 unspecified atom stereocenters. The summed E-state index contributed by atoms with van der Waals surface area (Å²) in [4.78, 5) is 13.7. The van der Waals surface area contributed by atoms with Crippen LogP contribution in [0.25, 0.3) is 0 Å². The maximum Gasteiger partial charge on any atom is 0.324 e. The van der Waals surface area contributed by atoms with E-state index < -0.39 is 11.5 Å². The number of carboxylic acid groups (broad SMARTS) is 1. The predicted molar refractivity (Wildman–Crippen MR) is 73.7 cm³/mol. The zero-order valence-corrected chi connectivity index (χ0v) is 12.2. The number of hydrogen-bond acceptors (Lipinski definition) is 3. The molecule has 0 aromatic heterocycles. The van der Waals surface area contributed by atoms with Gasteiger partial charge in [-0.1, -0.05) is 20.8 Å². The van der Waals surface area contributed by atoms with E-state index in [0.717, 1.165) is 26.1 Å². The van der Waals surface area contributed by atoms with E-state index in [2.05, 4.69) is 31.0 Å². The van der Waals surface area contributed by atoms with Crippen LogP contribution in [0.5, 0.6) is 0 Å². The highest BCUT2D eigenvalue weighted by Gasteiger charge is 2.37. The van der Waals surface area contributed by atoms with E-state index in [9.17, 15) is 9.90 Å². The number of carboxylic acids is 1. The first-order valence-electron chi connectivity index (χ1n) is 7.10. The third-order valence-electron chi connectivity index (χ3n) is 4.03. The van der Waals surface area contributed by atoms with Crippen LogP contribution in [0.2, 0.25) is 0 Å². The third kappa shape index (κ3) is 3.95. The number of rotatable bonds is 7. The van der Waals surface area contributed by atoms with Crippen molar-refractivity contribution in [1.29, 1.82) is 0 Å². The minimum absolute atomic E-state index is 0.603. The summed E-state index contributed by atoms with van der Waals surface area (Å²) in [5.41, 5.74) is -0.818. The van der Waals surface area contributed by atoms with Gasteiger partial charge in [0.25, 0.3) is 0 Å². The number of nitrogens with zero attached hydrogens (tertiary/aromatic N) is 1. The molecule has 1 heterocycles. The van der Waals surface area contributed by atoms with Crippen LogP contribution < -0.4 is 5.32 Å². The number of likely N-dealkylation sites (tertiary alicyclic amines) is 1. The Morgan fingerprint density at radius 3 is 2.67 bits per heavy atom. The topological polar surface area (TPSA) is 52.6 Å². The molecular formula is C14H28N2O2. The van der Waals surface area contributed by atoms with Crippen LogP contribution in [0, 0.1) is 11.8 Å². The Bertz CT molecular complexity index is 281. The van der Waals surface area contributed by atoms with E-state index in [0.29, 0.717) is 18.4 Å². The lowest BCUT2D eigenvalue weighted by Crippen LogP contribution is -2.56. The number of carbonyl (C=O) groups is 1. The minimum atomic E-state index is -0.818. The second-order valence-electron chi connectivity index (χ2n) is 6.09. The zero-order chi connectivity index (χ0) is 13.8. The molecule has 0 spiro atoms. The van der Waals surface area contributed by atoms with Gasteiger partial charge in [0.15, 0.2) is 0 Å². The van der Waals surface area contributed by atoms with Crippen molar-refractivity contribution in [2.24, 2.45) is 11.8 Å². The van der Waals surface area contributed by atoms with Gasteiger partial charge >= 0.3 is 5.97 Å². The molecule has 2 N–H and O–H groups in total. The molecule has 18 heavy (non-hydrogen) atoms. The van der Waals surface area contributed by atoms with Crippen molar-refractivity contribution in [3.8, 4) is 0 Å². The molecule has 0 amide bonds. The maximum absolute atomic E-state index is 11.4. The van der Waals surface area contributed by atoms with Gasteiger partial charge in [0.1, 0.15) is 5.54 Å². The van der Waals surface area contributed by atoms with E-state index in [1.165, 1.54) is 6.42 Å². The van der Waals surface area contributed by atoms with Gasteiger partial charge in [-0.3, -0.25) is 4.79 Å². The molecule has 106 valence electrons. The summed E-state index contributed by atoms with van der Waals surface area (Å²) in [5, 5.41) is 12.6. The summed E-state index contributed by atoms with van der Waals surface area (Å²) in [6.45, 7) is 11.8. The molecule has 0 aromatic carbocycles. The summed E-state index contributed by atoms with van der Waals surface area (Å²) in [6, 6.07) is 0. The predicted octanol–water partition coefficient (Wildman–Crippen LogP) is 1.81. The number of nitrogens with one attached hydrogen (secondary N) is 1. The van der Waals surface area contributed by atoms with Crippen molar-refractivity contribution < 1.29 is 9.90 Å². The van der Waals surface area contributed by atoms with Crippen molar-refractivity contribution in [2.45, 2.75) is 46.1 Å². The molecule has 1 aliphatic rings. The molecule has 4 nitrogen and oxygen atoms in total. The first kappa shape index (κ1) is 15.4. The highest BCUT2D eigenvalue weighted by atomic mass is 16.4. The van der Waals surface area contributed by atoms with Crippen molar-refractivity contribution in [1.82, 2.24) is 10.2 Å². The largest absolute Gasteiger partial charge is 0.480 e. The van der Waals surface area contributed by atoms with Gasteiger partial charge in [-0.05, 0) is 44.7 Å². The Morgan fingerprint density at radius 1 is 1.56 bits per heavy atom. The number of hydrogen-bond donors (Lipinski definition) is 2. The second-order valence-corrected chi connectivity index (χ2v) is 6.09. The Morgan fingerprint density at radius 2 is 2.22 bits per heavy atom. The summed E-state index contributed by atoms with van der Waals surface area (Å²) in [7, 11) is 0. The van der Waals surface area contributed by atoms with Gasteiger partial charge in [0, 0.05) is 13.1 Å². The molecule has 0 bridgehead atoms. The van der Waals surface area contributed by atoms with Crippen molar-refractivity contribution in [3.05, 3.63) is 0 Å². The van der Waals surface area contributed by atoms with E-state index in [4.69, 9.17) is 0 Å². The fourth-order valence-electron chi connectivity index (χ4n) is 2.60. The van der Waals surface area contributed by atoms with E-state index in [1.54, 1.807) is 6.92 Å². The number of aliphatic carboxylic acids is 1. The fraction of sp³-hybridized carbons (Fsp3) is 0.929. The van der Waals surface area contributed by atoms with Crippen molar-refractivity contribution in [3.63, 3.8) is 0 Å². The highest BCUT2D eigenvalue weighted by Crippen LogP contribution is 2.24. The molecule has 2 atom stereocenters. The van der Waals surface area contributed by atoms with Crippen molar-refractivity contribution in [2.75, 3.05) is 26.2 Å². The first-order chi connectivity index (χ1) is 8.39. The summed E-state index contributed by atoms with van der Waals surface area (Å²) < 4.78 is 0. The summed E-state index contributed by atoms with van der Waals surface area (Å²) >= 11 is 0. The van der Waals surface area contributed by atoms with E-state index >= 15 is 0 Å². The quantitative estimate of drug-likeness (QED) is 0.729. The van der Waals surface area contributed by atoms with Crippen LogP contribution >= 0.6 is 0 Å². The van der Waals surface area contributed by atoms with Gasteiger partial charge in [0.2, 0.25) is 0 Å². The van der Waals surface area contributed by atoms with Crippen LogP contribution in [0.1, 0.15) is 40.5 Å². The van der Waals surface area contributed by atoms with E-state index in [-0.39, 0.29) is 0 Å². The fourth-order valence-corrected chi connectivity index (χ4v) is 2.60. The molecule has 1 saturated heterocycles. The smallest absolute Gasteiger partial charge is 0.324 e. The molecule has 4 heteroatoms. The lowest BCUT2D eigenvalue weighted by atomic mass is 9.95. The van der Waals surface area contributed by atoms with Crippen LogP contribution in [0.3, 0.4) is 0 Å². The molecule has 0 radical (unpaired) electrons. The molecular weight excluding hydrogens is 228 g/mol. The molecule has 0 aromatic rings. The summed E-state index contributed by atoms with van der Waals surface area (Å²) in [5.74, 6) is 0.660. The van der Waals surface area contributed by atoms with Gasteiger partial charge in [-0.25, -0.2) is 0 Å². The second kappa shape index (κ2) is 6.53. The normalized spacial score (nSPS) is 24.4. The van der Waals surface area contributed by atoms with Crippen LogP contribution in [-0.4, -0.2) is 47.7 Å². The van der Waals surface area contributed by atoms with Gasteiger partial charge < -0.3 is 15.3 Å². The van der Waals surface area contributed by atoms with Crippen LogP contribution in [0.4, 0.5) is 0 Å². The molecule has 1 aliphatic heterocycles. The average Bonchev–Trinajstić information content (AvgIpc) is 2.74. The maximum atomic E-state index is 11.4. The van der Waals surface area contributed by atoms with Gasteiger partial charge in [-0.15, -0.1) is 0 Å². The first-order valence-corrected chi connectivity index (χ1v) is 7.10. The van der Waals surface area contributed by atoms with Gasteiger partial charge in [0.05, 0.1) is 0 Å². The zero-order valence-electron chi connectivity index (χ0n) is 12.2. The van der Waals surface area contributed by atoms with Crippen LogP contribution in [-0.2, 0) is 4.79 Å². The van der Waals surface area contributed by atoms with E-state index in [1.807, 2.05) is 0 Å². The molecule has 0 saturated carbocycles. The SMILES string of the molecule is CCCNC(C)(CN1CCC(C(C)C)C1)C(=O)O. The lowest BCUT2D eigenvalue weighted by molar-refractivity contribution is -0.145. The van der Waals surface area contributed by atoms with Gasteiger partial charge in [-0.2, -0.15) is 0 Å². The molecule has 1 fully saturated rings. The van der Waals surface area contributed by atoms with Crippen molar-refractivity contribution >= 4 is 5.97 Å². The Kier molecular flexibility index (Phi) is 5.60. The lowest BCUT2D eigenvalue weighted by Gasteiger charge is -2.31. The Labute approximate surface area is 111 Å². The minimum Gasteiger partial charge on any atom is -0.480 e. The average molecular weight is 256 g/mol.